The largest absolute Gasteiger partial charge is 0.107 e. The van der Waals surface area contributed by atoms with Crippen LogP contribution < -0.4 is 0 Å². The molecule has 0 rings (SSSR count). The van der Waals surface area contributed by atoms with Gasteiger partial charge < -0.3 is 0 Å². The van der Waals surface area contributed by atoms with Gasteiger partial charge in [0.2, 0.25) is 0 Å². The molecule has 28 valence electrons. The molecule has 0 aromatic heterocycles. The van der Waals surface area contributed by atoms with Gasteiger partial charge in [-0.1, -0.05) is 45.2 Å². The third-order valence-electron chi connectivity index (χ3n) is 0. The van der Waals surface area contributed by atoms with Gasteiger partial charge in [-0.05, 0) is 0 Å². The molecule has 0 fully saturated rings. The summed E-state index contributed by atoms with van der Waals surface area (Å²) >= 11 is 4.55. The highest BCUT2D eigenvalue weighted by Gasteiger charge is 1.40. The standard InChI is InChI=1S/CH2I2.HI/c2-1-3;/h1H2;1H. The fraction of sp³-hybridized carbons (Fsp3) is 1.00. The van der Waals surface area contributed by atoms with Crippen LogP contribution in [0.25, 0.3) is 0 Å². The van der Waals surface area contributed by atoms with E-state index in [4.69, 9.17) is 0 Å². The lowest BCUT2D eigenvalue weighted by Gasteiger charge is -1.43. The maximum absolute atomic E-state index is 2.28. The molecule has 0 unspecified atom stereocenters. The summed E-state index contributed by atoms with van der Waals surface area (Å²) in [6.07, 6.45) is 0. The van der Waals surface area contributed by atoms with Gasteiger partial charge in [0.1, 0.15) is 0 Å². The Labute approximate surface area is 70.4 Å². The van der Waals surface area contributed by atoms with Gasteiger partial charge in [-0.25, -0.2) is 0 Å². The maximum Gasteiger partial charge on any atom is 0.0516 e. The second kappa shape index (κ2) is 8.95. The smallest absolute Gasteiger partial charge is 0.0516 e. The van der Waals surface area contributed by atoms with E-state index in [9.17, 15) is 0 Å². The van der Waals surface area contributed by atoms with Gasteiger partial charge in [-0.2, -0.15) is 0 Å². The molecule has 0 saturated heterocycles. The van der Waals surface area contributed by atoms with Crippen LogP contribution in [0, 0.1) is 0 Å². The van der Waals surface area contributed by atoms with Crippen LogP contribution in [-0.2, 0) is 0 Å². The van der Waals surface area contributed by atoms with Gasteiger partial charge in [0, 0.05) is 0 Å². The van der Waals surface area contributed by atoms with Crippen LogP contribution in [-0.4, -0.2) is 2.43 Å². The van der Waals surface area contributed by atoms with Crippen molar-refractivity contribution < 1.29 is 0 Å². The fourth-order valence-electron chi connectivity index (χ4n) is 0. The van der Waals surface area contributed by atoms with Crippen LogP contribution in [0.2, 0.25) is 0 Å². The van der Waals surface area contributed by atoms with E-state index in [1.54, 1.807) is 0 Å². The summed E-state index contributed by atoms with van der Waals surface area (Å²) in [6, 6.07) is 0. The van der Waals surface area contributed by atoms with Crippen molar-refractivity contribution in [2.75, 3.05) is 2.43 Å². The van der Waals surface area contributed by atoms with Crippen LogP contribution in [0.1, 0.15) is 0 Å². The third kappa shape index (κ3) is 8.89. The van der Waals surface area contributed by atoms with Gasteiger partial charge >= 0.3 is 0 Å². The summed E-state index contributed by atoms with van der Waals surface area (Å²) in [5, 5.41) is 0. The minimum absolute atomic E-state index is 0. The van der Waals surface area contributed by atoms with E-state index >= 15 is 0 Å². The second-order valence-electron chi connectivity index (χ2n) is 0.101. The topological polar surface area (TPSA) is 0 Å². The van der Waals surface area contributed by atoms with E-state index in [-0.39, 0.29) is 24.0 Å². The van der Waals surface area contributed by atoms with Crippen molar-refractivity contribution in [3.05, 3.63) is 0 Å². The molecule has 0 radical (unpaired) electrons. The quantitative estimate of drug-likeness (QED) is 0.436. The number of hydrogen-bond donors (Lipinski definition) is 0. The maximum atomic E-state index is 2.28. The highest BCUT2D eigenvalue weighted by molar-refractivity contribution is 14.2. The molecule has 3 heteroatoms. The lowest BCUT2D eigenvalue weighted by molar-refractivity contribution is 2.58. The Morgan fingerprint density at radius 1 is 1.25 bits per heavy atom. The molecule has 0 aromatic rings. The van der Waals surface area contributed by atoms with Gasteiger partial charge in [-0.15, -0.1) is 24.0 Å². The number of hydrogen-bond acceptors (Lipinski definition) is 0. The number of alkyl halides is 2. The van der Waals surface area contributed by atoms with Crippen molar-refractivity contribution in [3.8, 4) is 0 Å². The highest BCUT2D eigenvalue weighted by Crippen LogP contribution is 1.86. The first-order valence-electron chi connectivity index (χ1n) is 0.535. The molecule has 0 amide bonds. The zero-order chi connectivity index (χ0) is 2.71. The van der Waals surface area contributed by atoms with E-state index in [0.29, 0.717) is 0 Å². The summed E-state index contributed by atoms with van der Waals surface area (Å²) in [4.78, 5) is 0. The van der Waals surface area contributed by atoms with Crippen molar-refractivity contribution in [1.29, 1.82) is 0 Å². The first kappa shape index (κ1) is 9.50. The van der Waals surface area contributed by atoms with E-state index in [2.05, 4.69) is 45.2 Å². The first-order chi connectivity index (χ1) is 1.41. The molecule has 0 aliphatic carbocycles. The van der Waals surface area contributed by atoms with Crippen LogP contribution in [0.3, 0.4) is 0 Å². The minimum Gasteiger partial charge on any atom is -0.107 e. The predicted molar refractivity (Wildman–Crippen MR) is 48.3 cm³/mol. The monoisotopic (exact) mass is 396 g/mol. The lowest BCUT2D eigenvalue weighted by Crippen LogP contribution is -1.17. The molecule has 0 nitrogen and oxygen atoms in total. The molecule has 0 aromatic carbocycles. The molecule has 0 aliphatic heterocycles. The highest BCUT2D eigenvalue weighted by atomic mass is 127. The normalized spacial score (nSPS) is 4.50. The Balaban J connectivity index is 0. The molecule has 0 aliphatic rings. The molecule has 4 heavy (non-hydrogen) atoms. The zero-order valence-electron chi connectivity index (χ0n) is 1.87. The Bertz CT molecular complexity index is 3.25. The van der Waals surface area contributed by atoms with E-state index in [0.717, 1.165) is 0 Å². The summed E-state index contributed by atoms with van der Waals surface area (Å²) in [5.41, 5.74) is 0. The van der Waals surface area contributed by atoms with Crippen molar-refractivity contribution in [2.45, 2.75) is 0 Å². The van der Waals surface area contributed by atoms with E-state index in [1.807, 2.05) is 0 Å². The summed E-state index contributed by atoms with van der Waals surface area (Å²) in [7, 11) is 0. The summed E-state index contributed by atoms with van der Waals surface area (Å²) in [6.45, 7) is 0. The van der Waals surface area contributed by atoms with Gasteiger partial charge in [0.15, 0.2) is 0 Å². The molecular weight excluding hydrogens is 393 g/mol. The SMILES string of the molecule is I.ICI. The fourth-order valence-corrected chi connectivity index (χ4v) is 0. The predicted octanol–water partition coefficient (Wildman–Crippen LogP) is 2.43. The van der Waals surface area contributed by atoms with Crippen LogP contribution in [0.5, 0.6) is 0 Å². The van der Waals surface area contributed by atoms with E-state index in [1.165, 1.54) is 2.43 Å². The summed E-state index contributed by atoms with van der Waals surface area (Å²) < 4.78 is 1.19. The average molecular weight is 396 g/mol. The molecule has 0 spiro atoms. The lowest BCUT2D eigenvalue weighted by atomic mass is 12.0. The molecule has 0 heterocycles. The zero-order valence-corrected chi connectivity index (χ0v) is 8.52. The second-order valence-corrected chi connectivity index (χ2v) is 4.55. The minimum atomic E-state index is 0. The van der Waals surface area contributed by atoms with Gasteiger partial charge in [0.05, 0.1) is 2.43 Å². The molecule has 0 N–H and O–H groups in total. The Kier molecular flexibility index (Phi) is 21.3. The summed E-state index contributed by atoms with van der Waals surface area (Å²) in [5.74, 6) is 0. The first-order valence-corrected chi connectivity index (χ1v) is 3.59. The molecule has 0 bridgehead atoms. The van der Waals surface area contributed by atoms with Crippen molar-refractivity contribution in [2.24, 2.45) is 0 Å². The van der Waals surface area contributed by atoms with Gasteiger partial charge in [0.25, 0.3) is 0 Å². The van der Waals surface area contributed by atoms with Gasteiger partial charge in [-0.3, -0.25) is 0 Å². The van der Waals surface area contributed by atoms with Crippen LogP contribution in [0.15, 0.2) is 0 Å². The number of rotatable bonds is 0. The average Bonchev–Trinajstić information content (AvgIpc) is 0.918. The van der Waals surface area contributed by atoms with Crippen molar-refractivity contribution >= 4 is 69.2 Å². The number of halogens is 3. The van der Waals surface area contributed by atoms with Crippen molar-refractivity contribution in [3.63, 3.8) is 0 Å². The Hall–Kier alpha value is 2.19. The molecule has 0 saturated carbocycles. The Morgan fingerprint density at radius 3 is 1.25 bits per heavy atom. The molecular formula is CH3I3. The third-order valence-corrected chi connectivity index (χ3v) is 0. The van der Waals surface area contributed by atoms with Crippen molar-refractivity contribution in [1.82, 2.24) is 0 Å². The van der Waals surface area contributed by atoms with Crippen LogP contribution in [0.4, 0.5) is 0 Å². The van der Waals surface area contributed by atoms with Crippen LogP contribution >= 0.6 is 69.2 Å². The van der Waals surface area contributed by atoms with E-state index < -0.39 is 0 Å². The Morgan fingerprint density at radius 2 is 1.25 bits per heavy atom. The molecule has 0 atom stereocenters.